The molecular weight excluding hydrogens is 286 g/mol. The van der Waals surface area contributed by atoms with Gasteiger partial charge in [0.25, 0.3) is 0 Å². The number of thiazole rings is 1. The van der Waals surface area contributed by atoms with Gasteiger partial charge in [-0.1, -0.05) is 0 Å². The number of hydrogen-bond donors (Lipinski definition) is 2. The first-order chi connectivity index (χ1) is 10.2. The molecule has 7 heteroatoms. The van der Waals surface area contributed by atoms with Crippen LogP contribution in [-0.4, -0.2) is 35.2 Å². The summed E-state index contributed by atoms with van der Waals surface area (Å²) in [5.41, 5.74) is 1.11. The van der Waals surface area contributed by atoms with Crippen molar-refractivity contribution in [2.75, 3.05) is 30.8 Å². The molecule has 114 valence electrons. The molecule has 0 aliphatic heterocycles. The highest BCUT2D eigenvalue weighted by Crippen LogP contribution is 2.12. The van der Waals surface area contributed by atoms with Crippen molar-refractivity contribution in [3.8, 4) is 0 Å². The lowest BCUT2D eigenvalue weighted by molar-refractivity contribution is 0.128. The lowest BCUT2D eigenvalue weighted by Crippen LogP contribution is -2.10. The maximum absolute atomic E-state index is 5.36. The first-order valence-corrected chi connectivity index (χ1v) is 7.87. The molecule has 2 aromatic heterocycles. The Kier molecular flexibility index (Phi) is 5.89. The van der Waals surface area contributed by atoms with Gasteiger partial charge in [0.2, 0.25) is 0 Å². The molecule has 2 N–H and O–H groups in total. The number of nitrogens with zero attached hydrogens (tertiary/aromatic N) is 3. The van der Waals surface area contributed by atoms with Gasteiger partial charge in [0, 0.05) is 38.1 Å². The van der Waals surface area contributed by atoms with E-state index in [1.807, 2.05) is 27.0 Å². The predicted octanol–water partition coefficient (Wildman–Crippen LogP) is 2.47. The van der Waals surface area contributed by atoms with Gasteiger partial charge >= 0.3 is 0 Å². The zero-order chi connectivity index (χ0) is 15.1. The summed E-state index contributed by atoms with van der Waals surface area (Å²) in [6.45, 7) is 5.84. The Labute approximate surface area is 129 Å². The summed E-state index contributed by atoms with van der Waals surface area (Å²) in [5.74, 6) is 2.26. The Balaban J connectivity index is 1.94. The quantitative estimate of drug-likeness (QED) is 0.780. The van der Waals surface area contributed by atoms with Gasteiger partial charge in [-0.25, -0.2) is 15.0 Å². The summed E-state index contributed by atoms with van der Waals surface area (Å²) in [7, 11) is 1.84. The fourth-order valence-electron chi connectivity index (χ4n) is 1.82. The van der Waals surface area contributed by atoms with Crippen molar-refractivity contribution in [3.05, 3.63) is 28.0 Å². The van der Waals surface area contributed by atoms with E-state index in [-0.39, 0.29) is 0 Å². The van der Waals surface area contributed by atoms with Crippen LogP contribution in [0.5, 0.6) is 0 Å². The van der Waals surface area contributed by atoms with Crippen LogP contribution in [-0.2, 0) is 17.8 Å². The molecule has 0 saturated heterocycles. The Bertz CT molecular complexity index is 572. The molecule has 0 amide bonds. The molecule has 21 heavy (non-hydrogen) atoms. The van der Waals surface area contributed by atoms with Gasteiger partial charge in [0.1, 0.15) is 18.2 Å². The minimum atomic E-state index is 0.423. The van der Waals surface area contributed by atoms with Crippen LogP contribution in [0.25, 0.3) is 0 Å². The van der Waals surface area contributed by atoms with Crippen molar-refractivity contribution in [3.63, 3.8) is 0 Å². The van der Waals surface area contributed by atoms with Crippen molar-refractivity contribution < 1.29 is 4.74 Å². The van der Waals surface area contributed by atoms with Gasteiger partial charge in [-0.05, 0) is 13.8 Å². The average Bonchev–Trinajstić information content (AvgIpc) is 2.90. The second-order valence-electron chi connectivity index (χ2n) is 4.48. The van der Waals surface area contributed by atoms with Crippen molar-refractivity contribution in [1.29, 1.82) is 0 Å². The van der Waals surface area contributed by atoms with E-state index in [2.05, 4.69) is 31.0 Å². The van der Waals surface area contributed by atoms with Gasteiger partial charge in [-0.2, -0.15) is 0 Å². The fourth-order valence-corrected chi connectivity index (χ4v) is 2.46. The number of nitrogens with one attached hydrogen (secondary N) is 2. The summed E-state index contributed by atoms with van der Waals surface area (Å²) in [6.07, 6.45) is 0.879. The van der Waals surface area contributed by atoms with E-state index in [9.17, 15) is 0 Å². The lowest BCUT2D eigenvalue weighted by Gasteiger charge is -2.09. The summed E-state index contributed by atoms with van der Waals surface area (Å²) < 4.78 is 5.36. The number of hydrogen-bond acceptors (Lipinski definition) is 7. The molecule has 0 radical (unpaired) electrons. The maximum atomic E-state index is 5.36. The first-order valence-electron chi connectivity index (χ1n) is 6.99. The SMILES string of the molecule is CCOCc1nc(NC)cc(NCCc2csc(C)n2)n1. The lowest BCUT2D eigenvalue weighted by atomic mass is 10.3. The molecule has 0 unspecified atom stereocenters. The minimum absolute atomic E-state index is 0.423. The standard InChI is InChI=1S/C14H21N5OS/c1-4-20-8-14-18-12(15-3)7-13(19-14)16-6-5-11-9-21-10(2)17-11/h7,9H,4-6,8H2,1-3H3,(H2,15,16,18,19). The number of ether oxygens (including phenoxy) is 1. The van der Waals surface area contributed by atoms with Gasteiger partial charge in [0.15, 0.2) is 5.82 Å². The van der Waals surface area contributed by atoms with Crippen LogP contribution in [0.3, 0.4) is 0 Å². The second kappa shape index (κ2) is 7.90. The highest BCUT2D eigenvalue weighted by Gasteiger charge is 2.04. The molecule has 0 fully saturated rings. The molecule has 0 aliphatic rings. The topological polar surface area (TPSA) is 72.0 Å². The third-order valence-electron chi connectivity index (χ3n) is 2.82. The van der Waals surface area contributed by atoms with Crippen molar-refractivity contribution in [2.24, 2.45) is 0 Å². The van der Waals surface area contributed by atoms with Crippen LogP contribution in [0.2, 0.25) is 0 Å². The molecule has 0 saturated carbocycles. The van der Waals surface area contributed by atoms with Gasteiger partial charge < -0.3 is 15.4 Å². The number of rotatable bonds is 8. The van der Waals surface area contributed by atoms with E-state index < -0.39 is 0 Å². The molecule has 0 aliphatic carbocycles. The highest BCUT2D eigenvalue weighted by atomic mass is 32.1. The Hall–Kier alpha value is -1.73. The normalized spacial score (nSPS) is 10.6. The van der Waals surface area contributed by atoms with E-state index in [4.69, 9.17) is 4.74 Å². The molecule has 2 heterocycles. The zero-order valence-electron chi connectivity index (χ0n) is 12.6. The second-order valence-corrected chi connectivity index (χ2v) is 5.54. The number of aromatic nitrogens is 3. The number of anilines is 2. The molecule has 6 nitrogen and oxygen atoms in total. The van der Waals surface area contributed by atoms with Crippen LogP contribution in [0, 0.1) is 6.92 Å². The van der Waals surface area contributed by atoms with Crippen molar-refractivity contribution in [1.82, 2.24) is 15.0 Å². The zero-order valence-corrected chi connectivity index (χ0v) is 13.5. The van der Waals surface area contributed by atoms with E-state index in [0.717, 1.165) is 35.3 Å². The van der Waals surface area contributed by atoms with Gasteiger partial charge in [0.05, 0.1) is 10.7 Å². The van der Waals surface area contributed by atoms with E-state index in [1.165, 1.54) is 0 Å². The fraction of sp³-hybridized carbons (Fsp3) is 0.500. The van der Waals surface area contributed by atoms with Crippen LogP contribution >= 0.6 is 11.3 Å². The summed E-state index contributed by atoms with van der Waals surface area (Å²) in [5, 5.41) is 9.54. The Morgan fingerprint density at radius 1 is 1.24 bits per heavy atom. The molecule has 0 bridgehead atoms. The Morgan fingerprint density at radius 2 is 2.05 bits per heavy atom. The summed E-state index contributed by atoms with van der Waals surface area (Å²) >= 11 is 1.68. The highest BCUT2D eigenvalue weighted by molar-refractivity contribution is 7.09. The van der Waals surface area contributed by atoms with Crippen molar-refractivity contribution in [2.45, 2.75) is 26.9 Å². The molecule has 2 rings (SSSR count). The summed E-state index contributed by atoms with van der Waals surface area (Å²) in [6, 6.07) is 1.89. The monoisotopic (exact) mass is 307 g/mol. The predicted molar refractivity (Wildman–Crippen MR) is 86.0 cm³/mol. The molecule has 0 aromatic carbocycles. The molecular formula is C14H21N5OS. The Morgan fingerprint density at radius 3 is 2.71 bits per heavy atom. The van der Waals surface area contributed by atoms with Gasteiger partial charge in [-0.15, -0.1) is 11.3 Å². The van der Waals surface area contributed by atoms with Crippen LogP contribution in [0.4, 0.5) is 11.6 Å². The van der Waals surface area contributed by atoms with E-state index in [0.29, 0.717) is 19.0 Å². The molecule has 2 aromatic rings. The van der Waals surface area contributed by atoms with E-state index in [1.54, 1.807) is 11.3 Å². The third kappa shape index (κ3) is 4.95. The average molecular weight is 307 g/mol. The van der Waals surface area contributed by atoms with Crippen LogP contribution in [0.15, 0.2) is 11.4 Å². The van der Waals surface area contributed by atoms with Crippen molar-refractivity contribution >= 4 is 23.0 Å². The largest absolute Gasteiger partial charge is 0.374 e. The van der Waals surface area contributed by atoms with Crippen LogP contribution < -0.4 is 10.6 Å². The van der Waals surface area contributed by atoms with Crippen LogP contribution in [0.1, 0.15) is 23.4 Å². The van der Waals surface area contributed by atoms with E-state index >= 15 is 0 Å². The molecule has 0 atom stereocenters. The summed E-state index contributed by atoms with van der Waals surface area (Å²) in [4.78, 5) is 13.3. The smallest absolute Gasteiger partial charge is 0.158 e. The first kappa shape index (κ1) is 15.7. The minimum Gasteiger partial charge on any atom is -0.374 e. The number of aryl methyl sites for hydroxylation is 1. The van der Waals surface area contributed by atoms with Gasteiger partial charge in [-0.3, -0.25) is 0 Å². The third-order valence-corrected chi connectivity index (χ3v) is 3.64. The maximum Gasteiger partial charge on any atom is 0.158 e. The molecule has 0 spiro atoms.